The van der Waals surface area contributed by atoms with Crippen LogP contribution in [0.2, 0.25) is 0 Å². The second-order valence-corrected chi connectivity index (χ2v) is 6.72. The second-order valence-electron chi connectivity index (χ2n) is 6.72. The molecule has 5 heteroatoms. The highest BCUT2D eigenvalue weighted by Crippen LogP contribution is 2.33. The zero-order valence-electron chi connectivity index (χ0n) is 16.1. The summed E-state index contributed by atoms with van der Waals surface area (Å²) in [6, 6.07) is 21.6. The van der Waals surface area contributed by atoms with E-state index in [1.54, 1.807) is 31.4 Å². The highest BCUT2D eigenvalue weighted by molar-refractivity contribution is 5.73. The lowest BCUT2D eigenvalue weighted by atomic mass is 10.1. The first-order valence-electron chi connectivity index (χ1n) is 9.17. The van der Waals surface area contributed by atoms with Gasteiger partial charge in [-0.2, -0.15) is 0 Å². The fourth-order valence-electron chi connectivity index (χ4n) is 3.16. The molecule has 0 unspecified atom stereocenters. The number of benzene rings is 2. The number of hydrogen-bond acceptors (Lipinski definition) is 5. The van der Waals surface area contributed by atoms with E-state index in [9.17, 15) is 10.2 Å². The third-order valence-corrected chi connectivity index (χ3v) is 4.67. The standard InChI is InChI=1S/C24H20N2O3/c1-15-9-11-23(27)17(13-15)19-5-3-7-21(25-19)22-8-4-6-20(26-22)18-14-16(29-2)10-12-24(18)28/h3-14,27-28H,1-2H3. The summed E-state index contributed by atoms with van der Waals surface area (Å²) in [5, 5.41) is 20.5. The van der Waals surface area contributed by atoms with Gasteiger partial charge in [0.25, 0.3) is 0 Å². The molecule has 0 aliphatic rings. The highest BCUT2D eigenvalue weighted by atomic mass is 16.5. The first-order valence-corrected chi connectivity index (χ1v) is 9.17. The Morgan fingerprint density at radius 2 is 1.17 bits per heavy atom. The maximum Gasteiger partial charge on any atom is 0.125 e. The molecule has 0 aliphatic carbocycles. The maximum atomic E-state index is 10.3. The molecule has 5 nitrogen and oxygen atoms in total. The Balaban J connectivity index is 1.77. The summed E-state index contributed by atoms with van der Waals surface area (Å²) < 4.78 is 5.26. The fourth-order valence-corrected chi connectivity index (χ4v) is 3.16. The van der Waals surface area contributed by atoms with Crippen molar-refractivity contribution in [3.05, 3.63) is 78.4 Å². The molecule has 0 spiro atoms. The van der Waals surface area contributed by atoms with E-state index in [-0.39, 0.29) is 11.5 Å². The quantitative estimate of drug-likeness (QED) is 0.505. The van der Waals surface area contributed by atoms with Crippen molar-refractivity contribution in [3.63, 3.8) is 0 Å². The number of phenols is 2. The number of aryl methyl sites for hydroxylation is 1. The minimum atomic E-state index is 0.127. The number of methoxy groups -OCH3 is 1. The van der Waals surface area contributed by atoms with Crippen LogP contribution < -0.4 is 4.74 Å². The lowest BCUT2D eigenvalue weighted by Gasteiger charge is -2.10. The molecule has 4 aromatic rings. The minimum absolute atomic E-state index is 0.127. The molecule has 4 rings (SSSR count). The molecular weight excluding hydrogens is 364 g/mol. The van der Waals surface area contributed by atoms with Crippen LogP contribution in [0.3, 0.4) is 0 Å². The summed E-state index contributed by atoms with van der Waals surface area (Å²) >= 11 is 0. The lowest BCUT2D eigenvalue weighted by Crippen LogP contribution is -1.93. The van der Waals surface area contributed by atoms with E-state index in [1.165, 1.54) is 0 Å². The fraction of sp³-hybridized carbons (Fsp3) is 0.0833. The van der Waals surface area contributed by atoms with E-state index in [1.807, 2.05) is 55.5 Å². The van der Waals surface area contributed by atoms with Crippen molar-refractivity contribution in [2.75, 3.05) is 7.11 Å². The molecule has 0 saturated heterocycles. The minimum Gasteiger partial charge on any atom is -0.507 e. The van der Waals surface area contributed by atoms with Gasteiger partial charge >= 0.3 is 0 Å². The first kappa shape index (κ1) is 18.5. The monoisotopic (exact) mass is 384 g/mol. The van der Waals surface area contributed by atoms with Crippen LogP contribution >= 0.6 is 0 Å². The van der Waals surface area contributed by atoms with Crippen LogP contribution in [0, 0.1) is 6.92 Å². The number of ether oxygens (including phenoxy) is 1. The molecule has 2 N–H and O–H groups in total. The summed E-state index contributed by atoms with van der Waals surface area (Å²) in [5.41, 5.74) is 4.92. The zero-order chi connectivity index (χ0) is 20.4. The predicted molar refractivity (Wildman–Crippen MR) is 113 cm³/mol. The molecule has 0 radical (unpaired) electrons. The van der Waals surface area contributed by atoms with Crippen molar-refractivity contribution in [1.29, 1.82) is 0 Å². The highest BCUT2D eigenvalue weighted by Gasteiger charge is 2.12. The van der Waals surface area contributed by atoms with Crippen LogP contribution in [-0.4, -0.2) is 27.3 Å². The largest absolute Gasteiger partial charge is 0.507 e. The molecule has 0 atom stereocenters. The van der Waals surface area contributed by atoms with Crippen LogP contribution in [0.5, 0.6) is 17.2 Å². The van der Waals surface area contributed by atoms with Crippen molar-refractivity contribution in [3.8, 4) is 51.2 Å². The van der Waals surface area contributed by atoms with Crippen LogP contribution in [0.15, 0.2) is 72.8 Å². The van der Waals surface area contributed by atoms with Crippen LogP contribution in [0.1, 0.15) is 5.56 Å². The average Bonchev–Trinajstić information content (AvgIpc) is 2.76. The summed E-state index contributed by atoms with van der Waals surface area (Å²) in [5.74, 6) is 0.949. The number of hydrogen-bond donors (Lipinski definition) is 2. The van der Waals surface area contributed by atoms with Gasteiger partial charge in [-0.15, -0.1) is 0 Å². The molecule has 0 bridgehead atoms. The molecule has 0 aliphatic heterocycles. The SMILES string of the molecule is COc1ccc(O)c(-c2cccc(-c3cccc(-c4cc(C)ccc4O)n3)n2)c1. The molecule has 144 valence electrons. The molecule has 2 heterocycles. The topological polar surface area (TPSA) is 75.5 Å². The van der Waals surface area contributed by atoms with E-state index in [0.29, 0.717) is 39.7 Å². The number of nitrogens with zero attached hydrogens (tertiary/aromatic N) is 2. The Labute approximate surface area is 168 Å². The van der Waals surface area contributed by atoms with Crippen molar-refractivity contribution in [2.24, 2.45) is 0 Å². The molecule has 0 fully saturated rings. The van der Waals surface area contributed by atoms with Crippen LogP contribution in [0.4, 0.5) is 0 Å². The van der Waals surface area contributed by atoms with Gasteiger partial charge in [0, 0.05) is 11.1 Å². The number of aromatic hydroxyl groups is 2. The third-order valence-electron chi connectivity index (χ3n) is 4.67. The van der Waals surface area contributed by atoms with Crippen LogP contribution in [0.25, 0.3) is 33.9 Å². The average molecular weight is 384 g/mol. The predicted octanol–water partition coefficient (Wildman–Crippen LogP) is 5.21. The van der Waals surface area contributed by atoms with E-state index in [2.05, 4.69) is 4.98 Å². The maximum absolute atomic E-state index is 10.3. The van der Waals surface area contributed by atoms with E-state index in [4.69, 9.17) is 9.72 Å². The Kier molecular flexibility index (Phi) is 4.87. The van der Waals surface area contributed by atoms with Gasteiger partial charge in [-0.25, -0.2) is 9.97 Å². The zero-order valence-corrected chi connectivity index (χ0v) is 16.1. The van der Waals surface area contributed by atoms with Crippen molar-refractivity contribution < 1.29 is 14.9 Å². The number of pyridine rings is 2. The molecule has 2 aromatic carbocycles. The summed E-state index contributed by atoms with van der Waals surface area (Å²) in [4.78, 5) is 9.38. The van der Waals surface area contributed by atoms with E-state index in [0.717, 1.165) is 5.56 Å². The van der Waals surface area contributed by atoms with Crippen molar-refractivity contribution in [1.82, 2.24) is 9.97 Å². The summed E-state index contributed by atoms with van der Waals surface area (Å²) in [6.45, 7) is 1.97. The summed E-state index contributed by atoms with van der Waals surface area (Å²) in [6.07, 6.45) is 0. The van der Waals surface area contributed by atoms with Crippen LogP contribution in [-0.2, 0) is 0 Å². The van der Waals surface area contributed by atoms with Crippen molar-refractivity contribution in [2.45, 2.75) is 6.92 Å². The van der Waals surface area contributed by atoms with E-state index < -0.39 is 0 Å². The number of aromatic nitrogens is 2. The molecule has 2 aromatic heterocycles. The van der Waals surface area contributed by atoms with Gasteiger partial charge in [0.15, 0.2) is 0 Å². The molecular formula is C24H20N2O3. The summed E-state index contributed by atoms with van der Waals surface area (Å²) in [7, 11) is 1.58. The Morgan fingerprint density at radius 3 is 1.76 bits per heavy atom. The Bertz CT molecular complexity index is 1190. The first-order chi connectivity index (χ1) is 14.0. The van der Waals surface area contributed by atoms with E-state index >= 15 is 0 Å². The van der Waals surface area contributed by atoms with Gasteiger partial charge in [0.2, 0.25) is 0 Å². The van der Waals surface area contributed by atoms with Gasteiger partial charge in [-0.3, -0.25) is 0 Å². The number of rotatable bonds is 4. The van der Waals surface area contributed by atoms with Crippen molar-refractivity contribution >= 4 is 0 Å². The van der Waals surface area contributed by atoms with Gasteiger partial charge in [0.05, 0.1) is 29.9 Å². The Morgan fingerprint density at radius 1 is 0.655 bits per heavy atom. The molecule has 29 heavy (non-hydrogen) atoms. The molecule has 0 amide bonds. The van der Waals surface area contributed by atoms with Gasteiger partial charge in [-0.05, 0) is 61.5 Å². The van der Waals surface area contributed by atoms with Gasteiger partial charge in [-0.1, -0.05) is 23.8 Å². The van der Waals surface area contributed by atoms with Gasteiger partial charge < -0.3 is 14.9 Å². The lowest BCUT2D eigenvalue weighted by molar-refractivity contribution is 0.412. The smallest absolute Gasteiger partial charge is 0.125 e. The normalized spacial score (nSPS) is 10.7. The number of phenolic OH excluding ortho intramolecular Hbond substituents is 2. The van der Waals surface area contributed by atoms with Gasteiger partial charge in [0.1, 0.15) is 17.2 Å². The Hall–Kier alpha value is -3.86. The molecule has 0 saturated carbocycles. The third kappa shape index (κ3) is 3.75. The second kappa shape index (κ2) is 7.64.